The van der Waals surface area contributed by atoms with E-state index < -0.39 is 9.84 Å². The maximum atomic E-state index is 13.9. The SMILES string of the molecule is COc1ccc(S(=O)(=O)c2cnc3cc(OC)c(OC)cc3c2N2CCCN(C3COC3)CC2)cc1. The van der Waals surface area contributed by atoms with Crippen LogP contribution in [0.5, 0.6) is 17.2 Å². The number of anilines is 1. The molecular formula is C26H31N3O6S. The van der Waals surface area contributed by atoms with Crippen molar-refractivity contribution in [2.24, 2.45) is 0 Å². The predicted molar refractivity (Wildman–Crippen MR) is 136 cm³/mol. The summed E-state index contributed by atoms with van der Waals surface area (Å²) in [5.41, 5.74) is 1.29. The van der Waals surface area contributed by atoms with Crippen LogP contribution in [0.4, 0.5) is 5.69 Å². The summed E-state index contributed by atoms with van der Waals surface area (Å²) in [4.78, 5) is 9.52. The summed E-state index contributed by atoms with van der Waals surface area (Å²) in [7, 11) is 0.818. The molecular weight excluding hydrogens is 482 g/mol. The Morgan fingerprint density at radius 3 is 2.28 bits per heavy atom. The Bertz CT molecular complexity index is 1340. The largest absolute Gasteiger partial charge is 0.497 e. The van der Waals surface area contributed by atoms with Gasteiger partial charge in [-0.05, 0) is 36.8 Å². The predicted octanol–water partition coefficient (Wildman–Crippen LogP) is 3.00. The fourth-order valence-corrected chi connectivity index (χ4v) is 6.29. The van der Waals surface area contributed by atoms with Crippen LogP contribution in [-0.4, -0.2) is 85.1 Å². The minimum atomic E-state index is -3.87. The van der Waals surface area contributed by atoms with Gasteiger partial charge >= 0.3 is 0 Å². The van der Waals surface area contributed by atoms with Gasteiger partial charge in [0.15, 0.2) is 11.5 Å². The van der Waals surface area contributed by atoms with E-state index in [1.807, 2.05) is 6.07 Å². The number of aromatic nitrogens is 1. The van der Waals surface area contributed by atoms with Crippen molar-refractivity contribution in [2.45, 2.75) is 22.3 Å². The lowest BCUT2D eigenvalue weighted by atomic mass is 10.1. The highest BCUT2D eigenvalue weighted by molar-refractivity contribution is 7.91. The second-order valence-electron chi connectivity index (χ2n) is 8.94. The first-order valence-corrected chi connectivity index (χ1v) is 13.4. The molecule has 1 aromatic heterocycles. The molecule has 5 rings (SSSR count). The van der Waals surface area contributed by atoms with E-state index in [1.165, 1.54) is 6.20 Å². The minimum absolute atomic E-state index is 0.174. The van der Waals surface area contributed by atoms with E-state index in [2.05, 4.69) is 14.8 Å². The van der Waals surface area contributed by atoms with E-state index in [1.54, 1.807) is 51.7 Å². The number of pyridine rings is 1. The molecule has 0 unspecified atom stereocenters. The number of benzene rings is 2. The minimum Gasteiger partial charge on any atom is -0.497 e. The standard InChI is InChI=1S/C26H31N3O6S/c1-32-19-5-7-20(8-6-19)36(30,31)25-15-27-22-14-24(34-3)23(33-2)13-21(22)26(25)29-10-4-9-28(11-12-29)18-16-35-17-18/h5-8,13-15,18H,4,9-12,16-17H2,1-3H3. The normalized spacial score (nSPS) is 17.5. The molecule has 3 heterocycles. The smallest absolute Gasteiger partial charge is 0.210 e. The van der Waals surface area contributed by atoms with E-state index in [-0.39, 0.29) is 9.79 Å². The van der Waals surface area contributed by atoms with Crippen molar-refractivity contribution in [3.05, 3.63) is 42.6 Å². The van der Waals surface area contributed by atoms with Gasteiger partial charge in [0.2, 0.25) is 9.84 Å². The van der Waals surface area contributed by atoms with Crippen LogP contribution in [0.15, 0.2) is 52.4 Å². The Hall–Kier alpha value is -3.08. The van der Waals surface area contributed by atoms with Crippen molar-refractivity contribution in [3.8, 4) is 17.2 Å². The van der Waals surface area contributed by atoms with Gasteiger partial charge in [-0.3, -0.25) is 9.88 Å². The molecule has 0 spiro atoms. The summed E-state index contributed by atoms with van der Waals surface area (Å²) in [5, 5.41) is 0.711. The van der Waals surface area contributed by atoms with Crippen molar-refractivity contribution in [1.82, 2.24) is 9.88 Å². The number of nitrogens with zero attached hydrogens (tertiary/aromatic N) is 3. The summed E-state index contributed by atoms with van der Waals surface area (Å²) < 4.78 is 49.5. The van der Waals surface area contributed by atoms with Gasteiger partial charge < -0.3 is 23.8 Å². The Morgan fingerprint density at radius 1 is 0.917 bits per heavy atom. The first-order chi connectivity index (χ1) is 17.5. The molecule has 2 aromatic carbocycles. The molecule has 0 atom stereocenters. The van der Waals surface area contributed by atoms with Gasteiger partial charge in [-0.1, -0.05) is 0 Å². The topological polar surface area (TPSA) is 90.4 Å². The van der Waals surface area contributed by atoms with Gasteiger partial charge in [-0.15, -0.1) is 0 Å². The molecule has 0 bridgehead atoms. The van der Waals surface area contributed by atoms with Gasteiger partial charge in [0.1, 0.15) is 10.6 Å². The number of hydrogen-bond donors (Lipinski definition) is 0. The van der Waals surface area contributed by atoms with Crippen LogP contribution in [0.1, 0.15) is 6.42 Å². The van der Waals surface area contributed by atoms with Crippen molar-refractivity contribution < 1.29 is 27.4 Å². The molecule has 2 saturated heterocycles. The lowest BCUT2D eigenvalue weighted by molar-refractivity contribution is -0.0625. The zero-order valence-electron chi connectivity index (χ0n) is 20.8. The third-order valence-electron chi connectivity index (χ3n) is 6.95. The third kappa shape index (κ3) is 4.44. The highest BCUT2D eigenvalue weighted by atomic mass is 32.2. The molecule has 9 nitrogen and oxygen atoms in total. The van der Waals surface area contributed by atoms with E-state index in [0.29, 0.717) is 46.4 Å². The monoisotopic (exact) mass is 513 g/mol. The molecule has 192 valence electrons. The molecule has 0 saturated carbocycles. The van der Waals surface area contributed by atoms with Crippen LogP contribution in [-0.2, 0) is 14.6 Å². The summed E-state index contributed by atoms with van der Waals surface area (Å²) in [6.07, 6.45) is 2.38. The Labute approximate surface area is 211 Å². The van der Waals surface area contributed by atoms with Crippen molar-refractivity contribution in [2.75, 3.05) is 65.6 Å². The van der Waals surface area contributed by atoms with E-state index in [4.69, 9.17) is 18.9 Å². The molecule has 0 N–H and O–H groups in total. The number of rotatable bonds is 7. The number of fused-ring (bicyclic) bond motifs is 1. The first-order valence-electron chi connectivity index (χ1n) is 12.0. The maximum absolute atomic E-state index is 13.9. The molecule has 2 fully saturated rings. The van der Waals surface area contributed by atoms with Crippen LogP contribution < -0.4 is 19.1 Å². The van der Waals surface area contributed by atoms with Crippen molar-refractivity contribution >= 4 is 26.4 Å². The molecule has 3 aromatic rings. The van der Waals surface area contributed by atoms with Gasteiger partial charge in [0.05, 0.1) is 56.7 Å². The summed E-state index contributed by atoms with van der Waals surface area (Å²) in [6.45, 7) is 4.70. The highest BCUT2D eigenvalue weighted by Gasteiger charge is 2.31. The van der Waals surface area contributed by atoms with Crippen molar-refractivity contribution in [1.29, 1.82) is 0 Å². The Balaban J connectivity index is 1.65. The zero-order valence-corrected chi connectivity index (χ0v) is 21.6. The van der Waals surface area contributed by atoms with Crippen LogP contribution in [0, 0.1) is 0 Å². The molecule has 36 heavy (non-hydrogen) atoms. The van der Waals surface area contributed by atoms with Crippen LogP contribution in [0.25, 0.3) is 10.9 Å². The fourth-order valence-electron chi connectivity index (χ4n) is 4.85. The lowest BCUT2D eigenvalue weighted by Gasteiger charge is -2.36. The van der Waals surface area contributed by atoms with Crippen molar-refractivity contribution in [3.63, 3.8) is 0 Å². The Morgan fingerprint density at radius 2 is 1.64 bits per heavy atom. The highest BCUT2D eigenvalue weighted by Crippen LogP contribution is 2.41. The summed E-state index contributed by atoms with van der Waals surface area (Å²) in [6, 6.07) is 10.5. The van der Waals surface area contributed by atoms with E-state index in [9.17, 15) is 8.42 Å². The molecule has 2 aliphatic heterocycles. The van der Waals surface area contributed by atoms with Gasteiger partial charge in [-0.2, -0.15) is 0 Å². The quantitative estimate of drug-likeness (QED) is 0.473. The first kappa shape index (κ1) is 24.6. The third-order valence-corrected chi connectivity index (χ3v) is 8.72. The number of methoxy groups -OCH3 is 3. The van der Waals surface area contributed by atoms with Gasteiger partial charge in [0.25, 0.3) is 0 Å². The Kier molecular flexibility index (Phi) is 6.92. The maximum Gasteiger partial charge on any atom is 0.210 e. The molecule has 10 heteroatoms. The second kappa shape index (κ2) is 10.1. The molecule has 0 amide bonds. The average Bonchev–Trinajstić information content (AvgIpc) is 3.11. The molecule has 0 radical (unpaired) electrons. The number of hydrogen-bond acceptors (Lipinski definition) is 9. The van der Waals surface area contributed by atoms with Crippen LogP contribution in [0.2, 0.25) is 0 Å². The average molecular weight is 514 g/mol. The summed E-state index contributed by atoms with van der Waals surface area (Å²) >= 11 is 0. The van der Waals surface area contributed by atoms with Crippen LogP contribution >= 0.6 is 0 Å². The summed E-state index contributed by atoms with van der Waals surface area (Å²) in [5.74, 6) is 1.66. The number of ether oxygens (including phenoxy) is 4. The van der Waals surface area contributed by atoms with Gasteiger partial charge in [0, 0.05) is 43.8 Å². The van der Waals surface area contributed by atoms with E-state index >= 15 is 0 Å². The molecule has 0 aliphatic carbocycles. The lowest BCUT2D eigenvalue weighted by Crippen LogP contribution is -2.50. The zero-order chi connectivity index (χ0) is 25.3. The van der Waals surface area contributed by atoms with Crippen LogP contribution in [0.3, 0.4) is 0 Å². The fraction of sp³-hybridized carbons (Fsp3) is 0.423. The van der Waals surface area contributed by atoms with E-state index in [0.717, 1.165) is 39.3 Å². The second-order valence-corrected chi connectivity index (χ2v) is 10.9. The van der Waals surface area contributed by atoms with Gasteiger partial charge in [-0.25, -0.2) is 8.42 Å². The number of sulfone groups is 1. The molecule has 2 aliphatic rings.